The lowest BCUT2D eigenvalue weighted by Gasteiger charge is -2.23. The van der Waals surface area contributed by atoms with Crippen LogP contribution in [-0.2, 0) is 19.1 Å². The third-order valence-corrected chi connectivity index (χ3v) is 6.71. The minimum Gasteiger partial charge on any atom is -0.460 e. The third-order valence-electron chi connectivity index (χ3n) is 6.71. The van der Waals surface area contributed by atoms with Gasteiger partial charge in [0.15, 0.2) is 0 Å². The van der Waals surface area contributed by atoms with Gasteiger partial charge in [-0.25, -0.2) is 9.59 Å². The topological polar surface area (TPSA) is 90.9 Å². The molecule has 0 radical (unpaired) electrons. The third kappa shape index (κ3) is 6.89. The quantitative estimate of drug-likeness (QED) is 0.252. The van der Waals surface area contributed by atoms with Crippen LogP contribution in [0, 0.1) is 6.92 Å². The Morgan fingerprint density at radius 3 is 2.08 bits per heavy atom. The molecule has 1 amide bonds. The Morgan fingerprint density at radius 1 is 0.900 bits per heavy atom. The predicted octanol–water partition coefficient (Wildman–Crippen LogP) is 6.66. The molecule has 0 heterocycles. The molecule has 3 aromatic rings. The van der Waals surface area contributed by atoms with Gasteiger partial charge < -0.3 is 19.5 Å². The molecule has 0 spiro atoms. The molecule has 210 valence electrons. The minimum atomic E-state index is -1.30. The summed E-state index contributed by atoms with van der Waals surface area (Å²) in [4.78, 5) is 39.0. The molecule has 4 rings (SSSR count). The van der Waals surface area contributed by atoms with Gasteiger partial charge in [0.05, 0.1) is 6.42 Å². The molecule has 1 unspecified atom stereocenters. The van der Waals surface area contributed by atoms with Gasteiger partial charge in [0, 0.05) is 5.92 Å². The van der Waals surface area contributed by atoms with Crippen LogP contribution >= 0.6 is 0 Å². The highest BCUT2D eigenvalue weighted by Crippen LogP contribution is 2.44. The Labute approximate surface area is 235 Å². The standard InChI is InChI=1S/C33H37NO6/c1-20(2)22-16-15-21(3)17-29(22)39-31(36)28(18-30(35)40-33(4,5)6)34-32(37)38-19-27-25-13-9-7-11-23(25)24-12-8-10-14-26(24)27/h7-17,20,27-28H,18-19H2,1-6H3,(H,34,37). The molecule has 1 N–H and O–H groups in total. The van der Waals surface area contributed by atoms with E-state index in [1.807, 2.05) is 69.3 Å². The number of ether oxygens (including phenoxy) is 3. The van der Waals surface area contributed by atoms with E-state index in [4.69, 9.17) is 14.2 Å². The molecule has 7 nitrogen and oxygen atoms in total. The SMILES string of the molecule is Cc1ccc(C(C)C)c(OC(=O)C(CC(=O)OC(C)(C)C)NC(=O)OCC2c3ccccc3-c3ccccc32)c1. The van der Waals surface area contributed by atoms with Crippen LogP contribution in [0.1, 0.15) is 75.1 Å². The lowest BCUT2D eigenvalue weighted by atomic mass is 9.98. The summed E-state index contributed by atoms with van der Waals surface area (Å²) in [5.41, 5.74) is 5.37. The van der Waals surface area contributed by atoms with Crippen LogP contribution in [0.15, 0.2) is 66.7 Å². The van der Waals surface area contributed by atoms with Crippen LogP contribution in [0.4, 0.5) is 4.79 Å². The molecule has 0 saturated carbocycles. The maximum absolute atomic E-state index is 13.3. The Kier molecular flexibility index (Phi) is 8.62. The molecule has 0 aromatic heterocycles. The van der Waals surface area contributed by atoms with E-state index in [0.29, 0.717) is 5.75 Å². The highest BCUT2D eigenvalue weighted by molar-refractivity contribution is 5.88. The van der Waals surface area contributed by atoms with E-state index >= 15 is 0 Å². The van der Waals surface area contributed by atoms with E-state index in [9.17, 15) is 14.4 Å². The van der Waals surface area contributed by atoms with Crippen molar-refractivity contribution >= 4 is 18.0 Å². The average Bonchev–Trinajstić information content (AvgIpc) is 3.19. The van der Waals surface area contributed by atoms with Gasteiger partial charge in [0.25, 0.3) is 0 Å². The Balaban J connectivity index is 1.50. The van der Waals surface area contributed by atoms with E-state index < -0.39 is 36.1 Å². The second kappa shape index (κ2) is 11.9. The van der Waals surface area contributed by atoms with Crippen molar-refractivity contribution in [3.8, 4) is 16.9 Å². The van der Waals surface area contributed by atoms with Crippen molar-refractivity contribution in [2.24, 2.45) is 0 Å². The number of fused-ring (bicyclic) bond motifs is 3. The molecule has 7 heteroatoms. The number of esters is 2. The van der Waals surface area contributed by atoms with Crippen LogP contribution in [0.2, 0.25) is 0 Å². The van der Waals surface area contributed by atoms with Crippen LogP contribution in [0.25, 0.3) is 11.1 Å². The summed E-state index contributed by atoms with van der Waals surface area (Å²) >= 11 is 0. The highest BCUT2D eigenvalue weighted by Gasteiger charge is 2.32. The molecule has 1 aliphatic carbocycles. The number of hydrogen-bond acceptors (Lipinski definition) is 6. The number of carbonyl (C=O) groups is 3. The molecule has 1 atom stereocenters. The number of carbonyl (C=O) groups excluding carboxylic acids is 3. The van der Waals surface area contributed by atoms with Crippen LogP contribution in [0.5, 0.6) is 5.75 Å². The molecular formula is C33H37NO6. The number of aryl methyl sites for hydroxylation is 1. The summed E-state index contributed by atoms with van der Waals surface area (Å²) in [7, 11) is 0. The van der Waals surface area contributed by atoms with Crippen molar-refractivity contribution in [2.75, 3.05) is 6.61 Å². The van der Waals surface area contributed by atoms with E-state index in [1.54, 1.807) is 26.8 Å². The lowest BCUT2D eigenvalue weighted by Crippen LogP contribution is -2.45. The van der Waals surface area contributed by atoms with Gasteiger partial charge in [0.1, 0.15) is 24.0 Å². The minimum absolute atomic E-state index is 0.0729. The van der Waals surface area contributed by atoms with Crippen LogP contribution < -0.4 is 10.1 Å². The Morgan fingerprint density at radius 2 is 1.50 bits per heavy atom. The first kappa shape index (κ1) is 28.9. The van der Waals surface area contributed by atoms with Crippen molar-refractivity contribution in [3.63, 3.8) is 0 Å². The lowest BCUT2D eigenvalue weighted by molar-refractivity contribution is -0.157. The van der Waals surface area contributed by atoms with Crippen molar-refractivity contribution in [2.45, 2.75) is 71.4 Å². The molecular weight excluding hydrogens is 506 g/mol. The monoisotopic (exact) mass is 543 g/mol. The number of nitrogens with one attached hydrogen (secondary N) is 1. The van der Waals surface area contributed by atoms with Gasteiger partial charge in [0.2, 0.25) is 0 Å². The van der Waals surface area contributed by atoms with E-state index in [2.05, 4.69) is 17.4 Å². The first-order valence-corrected chi connectivity index (χ1v) is 13.6. The van der Waals surface area contributed by atoms with E-state index in [1.165, 1.54) is 0 Å². The fourth-order valence-corrected chi connectivity index (χ4v) is 4.91. The van der Waals surface area contributed by atoms with Gasteiger partial charge in [-0.3, -0.25) is 4.79 Å². The zero-order valence-corrected chi connectivity index (χ0v) is 23.9. The zero-order chi connectivity index (χ0) is 29.0. The summed E-state index contributed by atoms with van der Waals surface area (Å²) < 4.78 is 16.8. The Bertz CT molecular complexity index is 1360. The second-order valence-electron chi connectivity index (χ2n) is 11.4. The number of alkyl carbamates (subject to hydrolysis) is 1. The number of hydrogen-bond donors (Lipinski definition) is 1. The predicted molar refractivity (Wildman–Crippen MR) is 153 cm³/mol. The molecule has 40 heavy (non-hydrogen) atoms. The maximum atomic E-state index is 13.3. The molecule has 0 fully saturated rings. The molecule has 3 aromatic carbocycles. The normalized spacial score (nSPS) is 13.3. The molecule has 0 bridgehead atoms. The number of rotatable bonds is 8. The van der Waals surface area contributed by atoms with Gasteiger partial charge in [-0.2, -0.15) is 0 Å². The van der Waals surface area contributed by atoms with Gasteiger partial charge in [-0.05, 0) is 73.1 Å². The van der Waals surface area contributed by atoms with Crippen molar-refractivity contribution in [1.82, 2.24) is 5.32 Å². The van der Waals surface area contributed by atoms with Gasteiger partial charge >= 0.3 is 18.0 Å². The van der Waals surface area contributed by atoms with Crippen molar-refractivity contribution < 1.29 is 28.6 Å². The zero-order valence-electron chi connectivity index (χ0n) is 23.9. The smallest absolute Gasteiger partial charge is 0.407 e. The summed E-state index contributed by atoms with van der Waals surface area (Å²) in [5, 5.41) is 2.55. The van der Waals surface area contributed by atoms with Crippen molar-refractivity contribution in [1.29, 1.82) is 0 Å². The number of benzene rings is 3. The van der Waals surface area contributed by atoms with Crippen LogP contribution in [-0.4, -0.2) is 36.3 Å². The first-order chi connectivity index (χ1) is 18.9. The van der Waals surface area contributed by atoms with E-state index in [-0.39, 0.29) is 18.4 Å². The Hall–Kier alpha value is -4.13. The largest absolute Gasteiger partial charge is 0.460 e. The molecule has 0 aliphatic heterocycles. The number of amides is 1. The summed E-state index contributed by atoms with van der Waals surface area (Å²) in [6, 6.07) is 20.4. The average molecular weight is 544 g/mol. The van der Waals surface area contributed by atoms with Gasteiger partial charge in [-0.1, -0.05) is 74.5 Å². The first-order valence-electron chi connectivity index (χ1n) is 13.6. The van der Waals surface area contributed by atoms with E-state index in [0.717, 1.165) is 33.4 Å². The van der Waals surface area contributed by atoms with Crippen molar-refractivity contribution in [3.05, 3.63) is 89.0 Å². The summed E-state index contributed by atoms with van der Waals surface area (Å²) in [6.07, 6.45) is -1.22. The second-order valence-corrected chi connectivity index (χ2v) is 11.4. The summed E-state index contributed by atoms with van der Waals surface area (Å²) in [5.74, 6) is -1.06. The molecule has 1 aliphatic rings. The highest BCUT2D eigenvalue weighted by atomic mass is 16.6. The maximum Gasteiger partial charge on any atom is 0.407 e. The summed E-state index contributed by atoms with van der Waals surface area (Å²) in [6.45, 7) is 11.2. The fraction of sp³-hybridized carbons (Fsp3) is 0.364. The molecule has 0 saturated heterocycles. The fourth-order valence-electron chi connectivity index (χ4n) is 4.91. The van der Waals surface area contributed by atoms with Gasteiger partial charge in [-0.15, -0.1) is 0 Å². The van der Waals surface area contributed by atoms with Crippen LogP contribution in [0.3, 0.4) is 0 Å².